The molecule has 0 atom stereocenters. The number of carbonyl (C=O) groups is 2. The van der Waals surface area contributed by atoms with Crippen LogP contribution < -0.4 is 19.9 Å². The molecule has 0 aromatic heterocycles. The highest BCUT2D eigenvalue weighted by molar-refractivity contribution is 6.09. The molecule has 0 saturated carbocycles. The van der Waals surface area contributed by atoms with E-state index in [4.69, 9.17) is 9.47 Å². The Morgan fingerprint density at radius 3 is 2.20 bits per heavy atom. The van der Waals surface area contributed by atoms with Gasteiger partial charge >= 0.3 is 0 Å². The van der Waals surface area contributed by atoms with Crippen molar-refractivity contribution in [2.75, 3.05) is 19.5 Å². The number of benzene rings is 2. The minimum atomic E-state index is -1.56. The molecule has 9 nitrogen and oxygen atoms in total. The number of rotatable bonds is 6. The Balaban J connectivity index is 2.48. The lowest BCUT2D eigenvalue weighted by Gasteiger charge is -2.16. The van der Waals surface area contributed by atoms with Gasteiger partial charge in [0.05, 0.1) is 30.8 Å². The number of nitrogens with zero attached hydrogens (tertiary/aromatic N) is 1. The molecular weight excluding hydrogens is 332 g/mol. The lowest BCUT2D eigenvalue weighted by atomic mass is 10.1. The van der Waals surface area contributed by atoms with E-state index in [1.54, 1.807) is 0 Å². The molecule has 2 rings (SSSR count). The minimum Gasteiger partial charge on any atom is -0.545 e. The summed E-state index contributed by atoms with van der Waals surface area (Å²) in [7, 11) is 2.66. The first-order valence-corrected chi connectivity index (χ1v) is 6.91. The molecular formula is C16H13N2O7-. The number of aromatic carboxylic acids is 1. The van der Waals surface area contributed by atoms with Crippen molar-refractivity contribution in [3.05, 3.63) is 57.6 Å². The van der Waals surface area contributed by atoms with Crippen molar-refractivity contribution in [2.24, 2.45) is 0 Å². The largest absolute Gasteiger partial charge is 0.545 e. The Morgan fingerprint density at radius 1 is 1.04 bits per heavy atom. The molecule has 1 amide bonds. The van der Waals surface area contributed by atoms with Gasteiger partial charge in [-0.05, 0) is 12.1 Å². The molecule has 0 aliphatic carbocycles. The van der Waals surface area contributed by atoms with Crippen LogP contribution in [0.3, 0.4) is 0 Å². The van der Waals surface area contributed by atoms with Crippen molar-refractivity contribution in [1.29, 1.82) is 0 Å². The van der Waals surface area contributed by atoms with Gasteiger partial charge in [0, 0.05) is 17.7 Å². The van der Waals surface area contributed by atoms with Crippen LogP contribution >= 0.6 is 0 Å². The van der Waals surface area contributed by atoms with Gasteiger partial charge in [0.15, 0.2) is 11.5 Å². The summed E-state index contributed by atoms with van der Waals surface area (Å²) in [4.78, 5) is 34.0. The van der Waals surface area contributed by atoms with Gasteiger partial charge in [-0.25, -0.2) is 0 Å². The number of anilines is 1. The smallest absolute Gasteiger partial charge is 0.282 e. The van der Waals surface area contributed by atoms with E-state index in [0.717, 1.165) is 6.07 Å². The van der Waals surface area contributed by atoms with Crippen LogP contribution in [0.2, 0.25) is 0 Å². The number of carboxylic acids is 1. The molecule has 0 spiro atoms. The maximum atomic E-state index is 12.4. The first-order valence-electron chi connectivity index (χ1n) is 6.91. The molecule has 25 heavy (non-hydrogen) atoms. The van der Waals surface area contributed by atoms with Crippen molar-refractivity contribution < 1.29 is 29.1 Å². The fraction of sp³-hybridized carbons (Fsp3) is 0.125. The summed E-state index contributed by atoms with van der Waals surface area (Å²) in [6.07, 6.45) is 0. The van der Waals surface area contributed by atoms with Crippen LogP contribution in [0.4, 0.5) is 11.4 Å². The standard InChI is InChI=1S/C16H14N2O7/c1-24-13-7-10(16(20)21)11(8-14(13)25-2)17-15(19)9-5-3-4-6-12(9)18(22)23/h3-8H,1-2H3,(H,17,19)(H,20,21)/p-1. The molecule has 2 aromatic rings. The van der Waals surface area contributed by atoms with E-state index >= 15 is 0 Å². The summed E-state index contributed by atoms with van der Waals surface area (Å²) in [5, 5.41) is 24.7. The van der Waals surface area contributed by atoms with Crippen molar-refractivity contribution in [1.82, 2.24) is 0 Å². The average Bonchev–Trinajstić information content (AvgIpc) is 2.60. The number of methoxy groups -OCH3 is 2. The number of para-hydroxylation sites is 1. The summed E-state index contributed by atoms with van der Waals surface area (Å²) in [5.74, 6) is -2.10. The van der Waals surface area contributed by atoms with Crippen LogP contribution in [0.5, 0.6) is 11.5 Å². The second-order valence-corrected chi connectivity index (χ2v) is 4.77. The molecule has 2 aromatic carbocycles. The van der Waals surface area contributed by atoms with E-state index in [0.29, 0.717) is 0 Å². The van der Waals surface area contributed by atoms with Crippen LogP contribution in [0, 0.1) is 10.1 Å². The Hall–Kier alpha value is -3.62. The van der Waals surface area contributed by atoms with E-state index in [9.17, 15) is 24.8 Å². The summed E-state index contributed by atoms with van der Waals surface area (Å²) >= 11 is 0. The van der Waals surface area contributed by atoms with Gasteiger partial charge in [0.2, 0.25) is 0 Å². The number of carbonyl (C=O) groups excluding carboxylic acids is 2. The van der Waals surface area contributed by atoms with Crippen molar-refractivity contribution in [2.45, 2.75) is 0 Å². The topological polar surface area (TPSA) is 131 Å². The summed E-state index contributed by atoms with van der Waals surface area (Å²) in [6, 6.07) is 7.66. The lowest BCUT2D eigenvalue weighted by molar-refractivity contribution is -0.385. The molecule has 0 bridgehead atoms. The zero-order chi connectivity index (χ0) is 18.6. The number of carboxylic acid groups (broad SMARTS) is 1. The van der Waals surface area contributed by atoms with Gasteiger partial charge in [-0.15, -0.1) is 0 Å². The van der Waals surface area contributed by atoms with Crippen LogP contribution in [0.1, 0.15) is 20.7 Å². The molecule has 0 saturated heterocycles. The van der Waals surface area contributed by atoms with Gasteiger partial charge in [-0.3, -0.25) is 14.9 Å². The second kappa shape index (κ2) is 7.30. The number of nitrogens with one attached hydrogen (secondary N) is 1. The van der Waals surface area contributed by atoms with Crippen LogP contribution in [0.15, 0.2) is 36.4 Å². The van der Waals surface area contributed by atoms with Gasteiger partial charge < -0.3 is 24.7 Å². The second-order valence-electron chi connectivity index (χ2n) is 4.77. The van der Waals surface area contributed by atoms with Crippen LogP contribution in [-0.2, 0) is 0 Å². The molecule has 0 aliphatic rings. The van der Waals surface area contributed by atoms with E-state index in [-0.39, 0.29) is 28.3 Å². The molecule has 0 unspecified atom stereocenters. The van der Waals surface area contributed by atoms with Gasteiger partial charge in [-0.1, -0.05) is 12.1 Å². The Kier molecular flexibility index (Phi) is 5.18. The monoisotopic (exact) mass is 345 g/mol. The van der Waals surface area contributed by atoms with Crippen molar-refractivity contribution >= 4 is 23.3 Å². The number of hydrogen-bond donors (Lipinski definition) is 1. The molecule has 9 heteroatoms. The molecule has 0 aliphatic heterocycles. The van der Waals surface area contributed by atoms with Crippen LogP contribution in [-0.4, -0.2) is 31.0 Å². The highest BCUT2D eigenvalue weighted by atomic mass is 16.6. The number of amides is 1. The molecule has 0 fully saturated rings. The predicted molar refractivity (Wildman–Crippen MR) is 84.9 cm³/mol. The third-order valence-corrected chi connectivity index (χ3v) is 3.34. The number of ether oxygens (including phenoxy) is 2. The van der Waals surface area contributed by atoms with E-state index < -0.39 is 22.5 Å². The maximum absolute atomic E-state index is 12.4. The van der Waals surface area contributed by atoms with Crippen LogP contribution in [0.25, 0.3) is 0 Å². The number of nitro benzene ring substituents is 1. The lowest BCUT2D eigenvalue weighted by Crippen LogP contribution is -2.25. The quantitative estimate of drug-likeness (QED) is 0.615. The Bertz CT molecular complexity index is 848. The summed E-state index contributed by atoms with van der Waals surface area (Å²) in [6.45, 7) is 0. The Morgan fingerprint density at radius 2 is 1.64 bits per heavy atom. The molecule has 1 N–H and O–H groups in total. The molecule has 0 radical (unpaired) electrons. The van der Waals surface area contributed by atoms with E-state index in [1.807, 2.05) is 0 Å². The van der Waals surface area contributed by atoms with Crippen molar-refractivity contribution in [3.63, 3.8) is 0 Å². The number of nitro groups is 1. The normalized spacial score (nSPS) is 10.0. The fourth-order valence-electron chi connectivity index (χ4n) is 2.17. The first kappa shape index (κ1) is 17.7. The SMILES string of the molecule is COc1cc(NC(=O)c2ccccc2[N+](=O)[O-])c(C(=O)[O-])cc1OC. The molecule has 0 heterocycles. The Labute approximate surface area is 141 Å². The zero-order valence-corrected chi connectivity index (χ0v) is 13.3. The summed E-state index contributed by atoms with van der Waals surface area (Å²) < 4.78 is 10.1. The third-order valence-electron chi connectivity index (χ3n) is 3.34. The molecule has 130 valence electrons. The number of hydrogen-bond acceptors (Lipinski definition) is 7. The summed E-state index contributed by atoms with van der Waals surface area (Å²) in [5.41, 5.74) is -1.12. The van der Waals surface area contributed by atoms with E-state index in [2.05, 4.69) is 5.32 Å². The highest BCUT2D eigenvalue weighted by Crippen LogP contribution is 2.33. The fourth-order valence-corrected chi connectivity index (χ4v) is 2.17. The average molecular weight is 345 g/mol. The minimum absolute atomic E-state index is 0.130. The maximum Gasteiger partial charge on any atom is 0.282 e. The van der Waals surface area contributed by atoms with Crippen molar-refractivity contribution in [3.8, 4) is 11.5 Å². The van der Waals surface area contributed by atoms with Gasteiger partial charge in [-0.2, -0.15) is 0 Å². The van der Waals surface area contributed by atoms with Gasteiger partial charge in [0.1, 0.15) is 5.56 Å². The zero-order valence-electron chi connectivity index (χ0n) is 13.3. The first-order chi connectivity index (χ1) is 11.9. The van der Waals surface area contributed by atoms with Gasteiger partial charge in [0.25, 0.3) is 11.6 Å². The third kappa shape index (κ3) is 3.66. The highest BCUT2D eigenvalue weighted by Gasteiger charge is 2.21. The van der Waals surface area contributed by atoms with E-state index in [1.165, 1.54) is 44.6 Å². The predicted octanol–water partition coefficient (Wildman–Crippen LogP) is 1.23.